The van der Waals surface area contributed by atoms with E-state index in [0.717, 1.165) is 56.9 Å². The lowest BCUT2D eigenvalue weighted by Gasteiger charge is -2.36. The Labute approximate surface area is 173 Å². The Bertz CT molecular complexity index is 677. The molecule has 0 bridgehead atoms. The number of rotatable bonds is 6. The minimum absolute atomic E-state index is 0.132. The maximum Gasteiger partial charge on any atom is 0.241 e. The van der Waals surface area contributed by atoms with Crippen molar-refractivity contribution in [1.29, 1.82) is 0 Å². The molecule has 2 saturated heterocycles. The Morgan fingerprint density at radius 2 is 1.93 bits per heavy atom. The van der Waals surface area contributed by atoms with Gasteiger partial charge in [-0.05, 0) is 45.2 Å². The van der Waals surface area contributed by atoms with E-state index in [1.165, 1.54) is 0 Å². The van der Waals surface area contributed by atoms with E-state index >= 15 is 0 Å². The SMILES string of the molecule is CCNC(=NCc1ccc(N2CC(C)OC(C)C2)nc1)NCC(=O)N1CCCC1. The molecular weight excluding hydrogens is 368 g/mol. The average Bonchev–Trinajstić information content (AvgIpc) is 3.24. The number of amides is 1. The van der Waals surface area contributed by atoms with Gasteiger partial charge in [-0.1, -0.05) is 6.07 Å². The molecule has 1 aromatic heterocycles. The largest absolute Gasteiger partial charge is 0.372 e. The second-order valence-electron chi connectivity index (χ2n) is 7.82. The number of guanidine groups is 1. The maximum absolute atomic E-state index is 12.2. The Morgan fingerprint density at radius 3 is 2.55 bits per heavy atom. The lowest BCUT2D eigenvalue weighted by molar-refractivity contribution is -0.128. The normalized spacial score (nSPS) is 22.7. The molecule has 0 saturated carbocycles. The van der Waals surface area contributed by atoms with Crippen LogP contribution in [-0.2, 0) is 16.1 Å². The van der Waals surface area contributed by atoms with Gasteiger partial charge in [0.1, 0.15) is 5.82 Å². The fraction of sp³-hybridized carbons (Fsp3) is 0.667. The molecule has 3 heterocycles. The van der Waals surface area contributed by atoms with Crippen molar-refractivity contribution in [2.24, 2.45) is 4.99 Å². The number of hydrogen-bond donors (Lipinski definition) is 2. The van der Waals surface area contributed by atoms with Crippen LogP contribution >= 0.6 is 0 Å². The van der Waals surface area contributed by atoms with Crippen LogP contribution < -0.4 is 15.5 Å². The van der Waals surface area contributed by atoms with Crippen molar-refractivity contribution >= 4 is 17.7 Å². The maximum atomic E-state index is 12.2. The molecule has 2 N–H and O–H groups in total. The topological polar surface area (TPSA) is 82.1 Å². The molecule has 2 aliphatic heterocycles. The van der Waals surface area contributed by atoms with Crippen LogP contribution in [0.5, 0.6) is 0 Å². The molecule has 1 amide bonds. The van der Waals surface area contributed by atoms with Crippen molar-refractivity contribution in [2.45, 2.75) is 52.4 Å². The first-order chi connectivity index (χ1) is 14.0. The standard InChI is InChI=1S/C21H34N6O2/c1-4-22-21(25-13-20(28)26-9-5-6-10-26)24-12-18-7-8-19(23-11-18)27-14-16(2)29-17(3)15-27/h7-8,11,16-17H,4-6,9-10,12-15H2,1-3H3,(H2,22,24,25). The molecule has 2 unspecified atom stereocenters. The smallest absolute Gasteiger partial charge is 0.241 e. The van der Waals surface area contributed by atoms with E-state index in [1.807, 2.05) is 24.1 Å². The number of carbonyl (C=O) groups is 1. The summed E-state index contributed by atoms with van der Waals surface area (Å²) in [4.78, 5) is 25.6. The Balaban J connectivity index is 1.53. The zero-order valence-electron chi connectivity index (χ0n) is 17.9. The van der Waals surface area contributed by atoms with Gasteiger partial charge in [0.2, 0.25) is 5.91 Å². The minimum Gasteiger partial charge on any atom is -0.372 e. The Kier molecular flexibility index (Phi) is 7.69. The number of morpholine rings is 1. The van der Waals surface area contributed by atoms with Gasteiger partial charge in [-0.2, -0.15) is 0 Å². The lowest BCUT2D eigenvalue weighted by atomic mass is 10.2. The number of nitrogens with zero attached hydrogens (tertiary/aromatic N) is 4. The summed E-state index contributed by atoms with van der Waals surface area (Å²) in [7, 11) is 0. The lowest BCUT2D eigenvalue weighted by Crippen LogP contribution is -2.45. The number of likely N-dealkylation sites (tertiary alicyclic amines) is 1. The van der Waals surface area contributed by atoms with Crippen LogP contribution in [0.25, 0.3) is 0 Å². The first-order valence-electron chi connectivity index (χ1n) is 10.7. The summed E-state index contributed by atoms with van der Waals surface area (Å²) in [5.41, 5.74) is 1.03. The van der Waals surface area contributed by atoms with Crippen molar-refractivity contribution in [3.05, 3.63) is 23.9 Å². The van der Waals surface area contributed by atoms with Gasteiger partial charge in [-0.3, -0.25) is 4.79 Å². The van der Waals surface area contributed by atoms with Crippen LogP contribution in [0.4, 0.5) is 5.82 Å². The van der Waals surface area contributed by atoms with Gasteiger partial charge in [-0.15, -0.1) is 0 Å². The molecule has 0 aliphatic carbocycles. The van der Waals surface area contributed by atoms with Crippen LogP contribution in [0.2, 0.25) is 0 Å². The highest BCUT2D eigenvalue weighted by Gasteiger charge is 2.23. The predicted molar refractivity (Wildman–Crippen MR) is 115 cm³/mol. The van der Waals surface area contributed by atoms with E-state index in [1.54, 1.807) is 0 Å². The van der Waals surface area contributed by atoms with Crippen molar-refractivity contribution in [1.82, 2.24) is 20.5 Å². The van der Waals surface area contributed by atoms with Gasteiger partial charge in [0.15, 0.2) is 5.96 Å². The molecule has 8 heteroatoms. The van der Waals surface area contributed by atoms with Crippen LogP contribution in [0, 0.1) is 0 Å². The van der Waals surface area contributed by atoms with E-state index in [9.17, 15) is 4.79 Å². The van der Waals surface area contributed by atoms with E-state index in [-0.39, 0.29) is 24.7 Å². The highest BCUT2D eigenvalue weighted by Crippen LogP contribution is 2.18. The van der Waals surface area contributed by atoms with E-state index in [0.29, 0.717) is 12.5 Å². The number of pyridine rings is 1. The first kappa shape index (κ1) is 21.4. The molecule has 1 aromatic rings. The predicted octanol–water partition coefficient (Wildman–Crippen LogP) is 1.37. The number of carbonyl (C=O) groups excluding carboxylic acids is 1. The number of anilines is 1. The van der Waals surface area contributed by atoms with Gasteiger partial charge in [0, 0.05) is 38.9 Å². The fourth-order valence-corrected chi connectivity index (χ4v) is 3.81. The number of aliphatic imine (C=N–C) groups is 1. The molecule has 8 nitrogen and oxygen atoms in total. The molecule has 29 heavy (non-hydrogen) atoms. The van der Waals surface area contributed by atoms with Crippen molar-refractivity contribution < 1.29 is 9.53 Å². The molecular formula is C21H34N6O2. The Hall–Kier alpha value is -2.35. The van der Waals surface area contributed by atoms with Gasteiger partial charge in [-0.25, -0.2) is 9.98 Å². The third-order valence-corrected chi connectivity index (χ3v) is 5.18. The molecule has 3 rings (SSSR count). The van der Waals surface area contributed by atoms with Crippen molar-refractivity contribution in [3.63, 3.8) is 0 Å². The highest BCUT2D eigenvalue weighted by molar-refractivity contribution is 5.86. The molecule has 0 radical (unpaired) electrons. The van der Waals surface area contributed by atoms with Crippen LogP contribution in [0.1, 0.15) is 39.2 Å². The monoisotopic (exact) mass is 402 g/mol. The molecule has 160 valence electrons. The van der Waals surface area contributed by atoms with E-state index < -0.39 is 0 Å². The zero-order chi connectivity index (χ0) is 20.6. The summed E-state index contributed by atoms with van der Waals surface area (Å²) < 4.78 is 5.79. The molecule has 0 aromatic carbocycles. The molecule has 2 aliphatic rings. The summed E-state index contributed by atoms with van der Waals surface area (Å²) in [6.07, 6.45) is 4.50. The van der Waals surface area contributed by atoms with Crippen molar-refractivity contribution in [2.75, 3.05) is 44.2 Å². The number of hydrogen-bond acceptors (Lipinski definition) is 5. The second-order valence-corrected chi connectivity index (χ2v) is 7.82. The summed E-state index contributed by atoms with van der Waals surface area (Å²) in [5.74, 6) is 1.76. The second kappa shape index (κ2) is 10.4. The summed E-state index contributed by atoms with van der Waals surface area (Å²) in [6.45, 7) is 11.2. The van der Waals surface area contributed by atoms with Crippen molar-refractivity contribution in [3.8, 4) is 0 Å². The summed E-state index contributed by atoms with van der Waals surface area (Å²) >= 11 is 0. The van der Waals surface area contributed by atoms with Gasteiger partial charge in [0.25, 0.3) is 0 Å². The third kappa shape index (κ3) is 6.32. The number of aromatic nitrogens is 1. The third-order valence-electron chi connectivity index (χ3n) is 5.18. The highest BCUT2D eigenvalue weighted by atomic mass is 16.5. The molecule has 0 spiro atoms. The zero-order valence-corrected chi connectivity index (χ0v) is 17.9. The summed E-state index contributed by atoms with van der Waals surface area (Å²) in [6, 6.07) is 4.11. The van der Waals surface area contributed by atoms with E-state index in [4.69, 9.17) is 4.74 Å². The first-order valence-corrected chi connectivity index (χ1v) is 10.7. The van der Waals surface area contributed by atoms with Crippen LogP contribution in [0.3, 0.4) is 0 Å². The number of nitrogens with one attached hydrogen (secondary N) is 2. The number of ether oxygens (including phenoxy) is 1. The summed E-state index contributed by atoms with van der Waals surface area (Å²) in [5, 5.41) is 6.34. The van der Waals surface area contributed by atoms with E-state index in [2.05, 4.69) is 45.4 Å². The Morgan fingerprint density at radius 1 is 1.21 bits per heavy atom. The quantitative estimate of drug-likeness (QED) is 0.553. The van der Waals surface area contributed by atoms with Gasteiger partial charge in [0.05, 0.1) is 25.3 Å². The molecule has 2 atom stereocenters. The minimum atomic E-state index is 0.132. The van der Waals surface area contributed by atoms with Gasteiger partial charge >= 0.3 is 0 Å². The van der Waals surface area contributed by atoms with Crippen LogP contribution in [0.15, 0.2) is 23.3 Å². The fourth-order valence-electron chi connectivity index (χ4n) is 3.81. The molecule has 2 fully saturated rings. The van der Waals surface area contributed by atoms with Gasteiger partial charge < -0.3 is 25.2 Å². The average molecular weight is 403 g/mol. The van der Waals surface area contributed by atoms with Crippen LogP contribution in [-0.4, -0.2) is 73.2 Å².